The number of imide groups is 1. The zero-order valence-corrected chi connectivity index (χ0v) is 12.1. The molecule has 0 radical (unpaired) electrons. The Morgan fingerprint density at radius 3 is 2.82 bits per heavy atom. The topological polar surface area (TPSA) is 58.6 Å². The molecule has 2 fully saturated rings. The van der Waals surface area contributed by atoms with E-state index >= 15 is 0 Å². The molecule has 2 heterocycles. The Kier molecular flexibility index (Phi) is 3.92. The Balaban J connectivity index is 2.03. The molecule has 2 aliphatic heterocycles. The summed E-state index contributed by atoms with van der Waals surface area (Å²) in [6.07, 6.45) is 1.85. The Morgan fingerprint density at radius 2 is 2.24 bits per heavy atom. The minimum absolute atomic E-state index is 0.180. The van der Waals surface area contributed by atoms with Gasteiger partial charge in [-0.25, -0.2) is 4.79 Å². The molecule has 3 amide bonds. The molecule has 4 atom stereocenters. The highest BCUT2D eigenvalue weighted by Crippen LogP contribution is 2.31. The number of nitrogens with one attached hydrogen (secondary N) is 1. The fourth-order valence-electron chi connectivity index (χ4n) is 2.40. The fraction of sp³-hybridized carbons (Fsp3) is 0.818. The van der Waals surface area contributed by atoms with Gasteiger partial charge in [-0.15, -0.1) is 0 Å². The molecular weight excluding hydrogens is 335 g/mol. The highest BCUT2D eigenvalue weighted by Gasteiger charge is 2.40. The molecule has 0 aromatic carbocycles. The smallest absolute Gasteiger partial charge is 0.326 e. The Bertz CT molecular complexity index is 337. The lowest BCUT2D eigenvalue weighted by Gasteiger charge is -2.33. The van der Waals surface area contributed by atoms with E-state index in [9.17, 15) is 9.59 Å². The maximum absolute atomic E-state index is 11.7. The van der Waals surface area contributed by atoms with Gasteiger partial charge in [0.15, 0.2) is 0 Å². The Labute approximate surface area is 114 Å². The van der Waals surface area contributed by atoms with Crippen molar-refractivity contribution in [3.8, 4) is 0 Å². The number of carbonyl (C=O) groups excluding carboxylic acids is 2. The van der Waals surface area contributed by atoms with E-state index in [-0.39, 0.29) is 28.2 Å². The molecule has 1 N–H and O–H groups in total. The number of hydrogen-bond acceptors (Lipinski definition) is 3. The normalized spacial score (nSPS) is 38.4. The molecule has 0 aromatic rings. The van der Waals surface area contributed by atoms with Gasteiger partial charge in [0, 0.05) is 6.54 Å². The molecule has 0 aromatic heterocycles. The molecule has 5 nitrogen and oxygen atoms in total. The van der Waals surface area contributed by atoms with E-state index in [1.807, 2.05) is 0 Å². The molecule has 96 valence electrons. The number of halogens is 1. The van der Waals surface area contributed by atoms with E-state index < -0.39 is 0 Å². The first-order valence-electron chi connectivity index (χ1n) is 5.94. The van der Waals surface area contributed by atoms with Gasteiger partial charge in [0.05, 0.1) is 6.10 Å². The summed E-state index contributed by atoms with van der Waals surface area (Å²) in [5, 5.41) is 2.36. The van der Waals surface area contributed by atoms with Gasteiger partial charge in [0.25, 0.3) is 0 Å². The second-order valence-electron chi connectivity index (χ2n) is 4.66. The molecule has 1 unspecified atom stereocenters. The number of rotatable bonds is 2. The van der Waals surface area contributed by atoms with Gasteiger partial charge in [-0.1, -0.05) is 36.4 Å². The van der Waals surface area contributed by atoms with Crippen LogP contribution in [0.25, 0.3) is 0 Å². The fourth-order valence-corrected chi connectivity index (χ4v) is 2.98. The van der Waals surface area contributed by atoms with Gasteiger partial charge in [0.1, 0.15) is 10.2 Å². The highest BCUT2D eigenvalue weighted by atomic mass is 127. The number of amides is 3. The van der Waals surface area contributed by atoms with E-state index in [1.165, 1.54) is 0 Å². The van der Waals surface area contributed by atoms with Crippen molar-refractivity contribution in [2.24, 2.45) is 5.92 Å². The average molecular weight is 352 g/mol. The maximum Gasteiger partial charge on any atom is 0.326 e. The summed E-state index contributed by atoms with van der Waals surface area (Å²) in [4.78, 5) is 24.7. The van der Waals surface area contributed by atoms with Crippen LogP contribution in [0.5, 0.6) is 0 Å². The number of nitrogens with zero attached hydrogens (tertiary/aromatic N) is 1. The second-order valence-corrected chi connectivity index (χ2v) is 6.17. The van der Waals surface area contributed by atoms with Crippen molar-refractivity contribution < 1.29 is 14.3 Å². The van der Waals surface area contributed by atoms with Crippen LogP contribution in [0.1, 0.15) is 26.7 Å². The molecule has 6 heteroatoms. The number of carbonyl (C=O) groups is 2. The van der Waals surface area contributed by atoms with Gasteiger partial charge in [-0.05, 0) is 18.8 Å². The van der Waals surface area contributed by atoms with Crippen LogP contribution >= 0.6 is 22.6 Å². The third-order valence-electron chi connectivity index (χ3n) is 3.42. The Hall–Kier alpha value is -0.370. The second kappa shape index (κ2) is 5.09. The molecule has 17 heavy (non-hydrogen) atoms. The minimum Gasteiger partial charge on any atom is -0.355 e. The van der Waals surface area contributed by atoms with Crippen molar-refractivity contribution in [2.75, 3.05) is 6.54 Å². The lowest BCUT2D eigenvalue weighted by molar-refractivity contribution is -0.122. The molecule has 0 bridgehead atoms. The van der Waals surface area contributed by atoms with Crippen molar-refractivity contribution in [1.29, 1.82) is 0 Å². The van der Waals surface area contributed by atoms with Crippen LogP contribution in [0, 0.1) is 5.92 Å². The summed E-state index contributed by atoms with van der Waals surface area (Å²) in [6, 6.07) is -0.322. The molecule has 2 aliphatic rings. The maximum atomic E-state index is 11.7. The van der Waals surface area contributed by atoms with Crippen molar-refractivity contribution in [3.05, 3.63) is 0 Å². The van der Waals surface area contributed by atoms with E-state index in [2.05, 4.69) is 41.8 Å². The monoisotopic (exact) mass is 352 g/mol. The van der Waals surface area contributed by atoms with E-state index in [0.29, 0.717) is 12.5 Å². The number of urea groups is 1. The van der Waals surface area contributed by atoms with Crippen LogP contribution in [0.15, 0.2) is 0 Å². The standard InChI is InChI=1S/C11H17IN2O3/c1-3-8-6(2)4-9(17-8)14-5-7(12)10(15)13-11(14)16/h6-9H,3-5H2,1-2H3,(H,13,15,16)/t6-,7?,8-,9-/m1/s1. The van der Waals surface area contributed by atoms with Gasteiger partial charge >= 0.3 is 6.03 Å². The van der Waals surface area contributed by atoms with Crippen LogP contribution < -0.4 is 5.32 Å². The van der Waals surface area contributed by atoms with Gasteiger partial charge in [-0.3, -0.25) is 15.0 Å². The van der Waals surface area contributed by atoms with Crippen molar-refractivity contribution in [1.82, 2.24) is 10.2 Å². The summed E-state index contributed by atoms with van der Waals surface area (Å²) in [7, 11) is 0. The van der Waals surface area contributed by atoms with Gasteiger partial charge in [0.2, 0.25) is 5.91 Å². The number of alkyl halides is 1. The first kappa shape index (κ1) is 13.1. The largest absolute Gasteiger partial charge is 0.355 e. The first-order chi connectivity index (χ1) is 8.02. The Morgan fingerprint density at radius 1 is 1.53 bits per heavy atom. The SMILES string of the molecule is CC[C@H]1O[C@@H](N2CC(I)C(=O)NC2=O)C[C@H]1C. The van der Waals surface area contributed by atoms with E-state index in [4.69, 9.17) is 4.74 Å². The van der Waals surface area contributed by atoms with E-state index in [0.717, 1.165) is 12.8 Å². The number of hydrogen-bond donors (Lipinski definition) is 1. The molecule has 0 aliphatic carbocycles. The van der Waals surface area contributed by atoms with Crippen LogP contribution in [0.4, 0.5) is 4.79 Å². The average Bonchev–Trinajstić information content (AvgIpc) is 2.65. The van der Waals surface area contributed by atoms with Crippen LogP contribution in [0.3, 0.4) is 0 Å². The van der Waals surface area contributed by atoms with Crippen LogP contribution in [-0.2, 0) is 9.53 Å². The zero-order valence-electron chi connectivity index (χ0n) is 9.98. The molecule has 0 saturated carbocycles. The third kappa shape index (κ3) is 2.57. The molecule has 0 spiro atoms. The summed E-state index contributed by atoms with van der Waals surface area (Å²) >= 11 is 2.05. The van der Waals surface area contributed by atoms with Crippen molar-refractivity contribution >= 4 is 34.5 Å². The highest BCUT2D eigenvalue weighted by molar-refractivity contribution is 14.1. The summed E-state index contributed by atoms with van der Waals surface area (Å²) in [6.45, 7) is 4.67. The van der Waals surface area contributed by atoms with E-state index in [1.54, 1.807) is 4.90 Å². The summed E-state index contributed by atoms with van der Waals surface area (Å²) < 4.78 is 5.68. The lowest BCUT2D eigenvalue weighted by atomic mass is 10.0. The van der Waals surface area contributed by atoms with Crippen molar-refractivity contribution in [2.45, 2.75) is 42.9 Å². The molecular formula is C11H17IN2O3. The van der Waals surface area contributed by atoms with Crippen LogP contribution in [0.2, 0.25) is 0 Å². The quantitative estimate of drug-likeness (QED) is 0.605. The number of ether oxygens (including phenoxy) is 1. The summed E-state index contributed by atoms with van der Waals surface area (Å²) in [5.74, 6) is 0.257. The predicted octanol–water partition coefficient (Wildman–Crippen LogP) is 1.50. The molecule has 2 rings (SSSR count). The van der Waals surface area contributed by atoms with Gasteiger partial charge < -0.3 is 4.74 Å². The minimum atomic E-state index is -0.322. The molecule has 2 saturated heterocycles. The lowest BCUT2D eigenvalue weighted by Crippen LogP contribution is -2.58. The first-order valence-corrected chi connectivity index (χ1v) is 7.18. The summed E-state index contributed by atoms with van der Waals surface area (Å²) in [5.41, 5.74) is 0. The zero-order chi connectivity index (χ0) is 12.6. The van der Waals surface area contributed by atoms with Crippen LogP contribution in [-0.4, -0.2) is 39.6 Å². The van der Waals surface area contributed by atoms with Gasteiger partial charge in [-0.2, -0.15) is 0 Å². The van der Waals surface area contributed by atoms with Crippen molar-refractivity contribution in [3.63, 3.8) is 0 Å². The third-order valence-corrected chi connectivity index (χ3v) is 4.38. The predicted molar refractivity (Wildman–Crippen MR) is 70.8 cm³/mol.